The fourth-order valence-electron chi connectivity index (χ4n) is 6.20. The van der Waals surface area contributed by atoms with Gasteiger partial charge < -0.3 is 15.1 Å². The fraction of sp³-hybridized carbons (Fsp3) is 0.567. The van der Waals surface area contributed by atoms with Crippen molar-refractivity contribution < 1.29 is 14.4 Å². The summed E-state index contributed by atoms with van der Waals surface area (Å²) >= 11 is 0. The van der Waals surface area contributed by atoms with Crippen LogP contribution in [0.1, 0.15) is 68.4 Å². The van der Waals surface area contributed by atoms with Gasteiger partial charge in [0, 0.05) is 55.7 Å². The van der Waals surface area contributed by atoms with Crippen LogP contribution in [0, 0.1) is 18.3 Å². The summed E-state index contributed by atoms with van der Waals surface area (Å²) in [6.07, 6.45) is 5.80. The molecule has 0 spiro atoms. The summed E-state index contributed by atoms with van der Waals surface area (Å²) < 4.78 is 0. The zero-order chi connectivity index (χ0) is 27.2. The van der Waals surface area contributed by atoms with Crippen LogP contribution in [0.5, 0.6) is 0 Å². The van der Waals surface area contributed by atoms with E-state index in [1.54, 1.807) is 4.90 Å². The van der Waals surface area contributed by atoms with Crippen LogP contribution in [0.15, 0.2) is 27.7 Å². The molecule has 8 nitrogen and oxygen atoms in total. The number of benzene rings is 1. The third kappa shape index (κ3) is 5.31. The van der Waals surface area contributed by atoms with E-state index < -0.39 is 6.04 Å². The number of allylic oxidation sites excluding steroid dienone is 1. The van der Waals surface area contributed by atoms with E-state index in [9.17, 15) is 14.4 Å². The Balaban J connectivity index is 1.33. The Morgan fingerprint density at radius 2 is 1.84 bits per heavy atom. The smallest absolute Gasteiger partial charge is 0.318 e. The molecule has 5 rings (SSSR count). The highest BCUT2D eigenvalue weighted by atomic mass is 16.2. The van der Waals surface area contributed by atoms with Crippen LogP contribution >= 0.6 is 0 Å². The van der Waals surface area contributed by atoms with Crippen molar-refractivity contribution in [3.63, 3.8) is 0 Å². The second-order valence-corrected chi connectivity index (χ2v) is 12.4. The van der Waals surface area contributed by atoms with Gasteiger partial charge in [-0.05, 0) is 66.4 Å². The van der Waals surface area contributed by atoms with E-state index in [1.165, 1.54) is 11.1 Å². The van der Waals surface area contributed by atoms with Crippen molar-refractivity contribution in [3.05, 3.63) is 45.5 Å². The lowest BCUT2D eigenvalue weighted by atomic mass is 9.85. The number of urea groups is 1. The highest BCUT2D eigenvalue weighted by Gasteiger charge is 2.36. The minimum absolute atomic E-state index is 0.0339. The number of aryl methyl sites for hydroxylation is 1. The molecular weight excluding hydrogens is 478 g/mol. The molecule has 8 heteroatoms. The van der Waals surface area contributed by atoms with Gasteiger partial charge in [0.2, 0.25) is 5.91 Å². The van der Waals surface area contributed by atoms with E-state index in [2.05, 4.69) is 49.1 Å². The number of rotatable bonds is 3. The van der Waals surface area contributed by atoms with Gasteiger partial charge in [0.25, 0.3) is 0 Å². The molecule has 0 saturated carbocycles. The van der Waals surface area contributed by atoms with Crippen molar-refractivity contribution in [1.29, 1.82) is 0 Å². The summed E-state index contributed by atoms with van der Waals surface area (Å²) in [5.41, 5.74) is 7.50. The SMILES string of the molecule is CC1=NCC(=O)C(C2CCN(C(=O)NC3Cc4cc(C)c5c(c4CN(CC(C)(C)C)C3=O)C=NC5)CC2)=C1. The number of aliphatic imine (C=N–C) groups is 2. The lowest BCUT2D eigenvalue weighted by molar-refractivity contribution is -0.134. The zero-order valence-electron chi connectivity index (χ0n) is 23.3. The third-order valence-electron chi connectivity index (χ3n) is 8.10. The van der Waals surface area contributed by atoms with E-state index >= 15 is 0 Å². The van der Waals surface area contributed by atoms with Gasteiger partial charge >= 0.3 is 6.03 Å². The molecule has 3 amide bonds. The maximum absolute atomic E-state index is 13.8. The van der Waals surface area contributed by atoms with Crippen LogP contribution in [-0.2, 0) is 29.1 Å². The predicted molar refractivity (Wildman–Crippen MR) is 149 cm³/mol. The number of amides is 3. The van der Waals surface area contributed by atoms with Crippen molar-refractivity contribution in [3.8, 4) is 0 Å². The van der Waals surface area contributed by atoms with Gasteiger partial charge in [0.15, 0.2) is 5.78 Å². The summed E-state index contributed by atoms with van der Waals surface area (Å²) in [5, 5.41) is 3.09. The average molecular weight is 518 g/mol. The number of piperidine rings is 1. The van der Waals surface area contributed by atoms with E-state index in [0.717, 1.165) is 40.8 Å². The van der Waals surface area contributed by atoms with Crippen LogP contribution in [-0.4, -0.2) is 71.7 Å². The highest BCUT2D eigenvalue weighted by Crippen LogP contribution is 2.32. The molecule has 1 aromatic carbocycles. The molecule has 4 aliphatic heterocycles. The maximum atomic E-state index is 13.8. The number of nitrogens with zero attached hydrogens (tertiary/aromatic N) is 4. The van der Waals surface area contributed by atoms with Crippen LogP contribution in [0.2, 0.25) is 0 Å². The molecule has 1 fully saturated rings. The number of carbonyl (C=O) groups is 3. The van der Waals surface area contributed by atoms with Gasteiger partial charge in [0.05, 0.1) is 6.54 Å². The first kappa shape index (κ1) is 26.3. The Hall–Kier alpha value is -3.29. The third-order valence-corrected chi connectivity index (χ3v) is 8.10. The number of likely N-dealkylation sites (tertiary alicyclic amines) is 1. The molecule has 0 aliphatic carbocycles. The minimum Gasteiger partial charge on any atom is -0.336 e. The summed E-state index contributed by atoms with van der Waals surface area (Å²) in [4.78, 5) is 52.1. The van der Waals surface area contributed by atoms with Gasteiger partial charge in [-0.1, -0.05) is 26.8 Å². The zero-order valence-corrected chi connectivity index (χ0v) is 23.3. The van der Waals surface area contributed by atoms with E-state index in [0.29, 0.717) is 39.1 Å². The molecular formula is C30H39N5O3. The second-order valence-electron chi connectivity index (χ2n) is 12.4. The summed E-state index contributed by atoms with van der Waals surface area (Å²) in [6, 6.07) is 1.35. The molecule has 1 N–H and O–H groups in total. The van der Waals surface area contributed by atoms with E-state index in [-0.39, 0.29) is 35.6 Å². The van der Waals surface area contributed by atoms with Gasteiger partial charge in [-0.2, -0.15) is 0 Å². The van der Waals surface area contributed by atoms with Gasteiger partial charge in [-0.25, -0.2) is 4.79 Å². The first-order valence-corrected chi connectivity index (χ1v) is 13.7. The number of dihydropyridines is 1. The Morgan fingerprint density at radius 1 is 1.11 bits per heavy atom. The monoisotopic (exact) mass is 517 g/mol. The van der Waals surface area contributed by atoms with E-state index in [1.807, 2.05) is 24.1 Å². The Kier molecular flexibility index (Phi) is 7.01. The van der Waals surface area contributed by atoms with Crippen LogP contribution in [0.4, 0.5) is 4.79 Å². The Labute approximate surface area is 225 Å². The molecule has 202 valence electrons. The molecule has 1 atom stereocenters. The number of hydrogen-bond donors (Lipinski definition) is 1. The number of hydrogen-bond acceptors (Lipinski definition) is 5. The number of carbonyl (C=O) groups excluding carboxylic acids is 3. The van der Waals surface area contributed by atoms with Crippen LogP contribution < -0.4 is 5.32 Å². The predicted octanol–water partition coefficient (Wildman–Crippen LogP) is 3.62. The molecule has 0 bridgehead atoms. The van der Waals surface area contributed by atoms with Crippen molar-refractivity contribution in [2.45, 2.75) is 73.0 Å². The molecule has 4 aliphatic rings. The maximum Gasteiger partial charge on any atom is 0.318 e. The summed E-state index contributed by atoms with van der Waals surface area (Å²) in [7, 11) is 0. The lowest BCUT2D eigenvalue weighted by Gasteiger charge is -2.35. The number of fused-ring (bicyclic) bond motifs is 3. The molecule has 1 unspecified atom stereocenters. The number of ketones is 1. The summed E-state index contributed by atoms with van der Waals surface area (Å²) in [5.74, 6) is 0.206. The topological polar surface area (TPSA) is 94.4 Å². The number of Topliss-reactive ketones (excluding diaryl/α,β-unsaturated/α-hetero) is 1. The first-order valence-electron chi connectivity index (χ1n) is 13.7. The first-order chi connectivity index (χ1) is 18.0. The minimum atomic E-state index is -0.624. The fourth-order valence-corrected chi connectivity index (χ4v) is 6.20. The molecule has 4 heterocycles. The molecule has 1 aromatic rings. The second kappa shape index (κ2) is 10.1. The van der Waals surface area contributed by atoms with Gasteiger partial charge in [-0.3, -0.25) is 19.6 Å². The van der Waals surface area contributed by atoms with Crippen molar-refractivity contribution in [2.75, 3.05) is 26.2 Å². The Morgan fingerprint density at radius 3 is 2.55 bits per heavy atom. The molecule has 0 aromatic heterocycles. The van der Waals surface area contributed by atoms with Crippen LogP contribution in [0.25, 0.3) is 0 Å². The van der Waals surface area contributed by atoms with Crippen molar-refractivity contribution >= 4 is 29.6 Å². The van der Waals surface area contributed by atoms with Gasteiger partial charge in [-0.15, -0.1) is 0 Å². The van der Waals surface area contributed by atoms with Crippen LogP contribution in [0.3, 0.4) is 0 Å². The normalized spacial score (nSPS) is 22.1. The van der Waals surface area contributed by atoms with Crippen molar-refractivity contribution in [1.82, 2.24) is 15.1 Å². The van der Waals surface area contributed by atoms with Gasteiger partial charge in [0.1, 0.15) is 12.6 Å². The van der Waals surface area contributed by atoms with E-state index in [4.69, 9.17) is 0 Å². The molecule has 38 heavy (non-hydrogen) atoms. The van der Waals surface area contributed by atoms with Crippen molar-refractivity contribution in [2.24, 2.45) is 21.3 Å². The summed E-state index contributed by atoms with van der Waals surface area (Å²) in [6.45, 7) is 13.6. The lowest BCUT2D eigenvalue weighted by Crippen LogP contribution is -2.54. The highest BCUT2D eigenvalue weighted by molar-refractivity contribution is 6.09. The standard InChI is InChI=1S/C30H39N5O3/c1-18-10-21-12-26(28(37)35(17-30(3,4)5)16-25(21)24-14-31-13-23(18)24)33-29(38)34-8-6-20(7-9-34)22-11-19(2)32-15-27(22)36/h10-11,14,20,26H,6-9,12-13,15-17H2,1-5H3,(H,33,38). The average Bonchev–Trinajstić information content (AvgIpc) is 3.32. The molecule has 1 saturated heterocycles. The molecule has 0 radical (unpaired) electrons. The Bertz CT molecular complexity index is 1260. The largest absolute Gasteiger partial charge is 0.336 e. The number of nitrogens with one attached hydrogen (secondary N) is 1. The quantitative estimate of drug-likeness (QED) is 0.664.